The van der Waals surface area contributed by atoms with Gasteiger partial charge in [0.1, 0.15) is 5.75 Å². The fourth-order valence-corrected chi connectivity index (χ4v) is 1.20. The lowest BCUT2D eigenvalue weighted by Crippen LogP contribution is -2.06. The number of nitrogens with two attached hydrogens (primary N) is 1. The van der Waals surface area contributed by atoms with Gasteiger partial charge >= 0.3 is 0 Å². The monoisotopic (exact) mass is 178 g/mol. The number of ether oxygens (including phenoxy) is 1. The Hall–Kier alpha value is -1.09. The van der Waals surface area contributed by atoms with Crippen LogP contribution in [0.2, 0.25) is 0 Å². The van der Waals surface area contributed by atoms with E-state index in [1.54, 1.807) is 6.20 Å². The molecule has 70 valence electrons. The van der Waals surface area contributed by atoms with Crippen molar-refractivity contribution in [2.45, 2.75) is 19.4 Å². The van der Waals surface area contributed by atoms with Crippen molar-refractivity contribution in [3.63, 3.8) is 0 Å². The average molecular weight is 178 g/mol. The predicted octanol–water partition coefficient (Wildman–Crippen LogP) is 1.33. The fraction of sp³-hybridized carbons (Fsp3) is 0.500. The Kier molecular flexibility index (Phi) is 2.45. The Morgan fingerprint density at radius 3 is 3.08 bits per heavy atom. The quantitative estimate of drug-likeness (QED) is 0.756. The molecule has 0 unspecified atom stereocenters. The molecule has 0 bridgehead atoms. The molecule has 0 atom stereocenters. The Bertz CT molecular complexity index is 284. The maximum Gasteiger partial charge on any atom is 0.142 e. The van der Waals surface area contributed by atoms with Crippen LogP contribution in [0, 0.1) is 5.92 Å². The largest absolute Gasteiger partial charge is 0.491 e. The van der Waals surface area contributed by atoms with Gasteiger partial charge in [0.15, 0.2) is 0 Å². The summed E-state index contributed by atoms with van der Waals surface area (Å²) in [4.78, 5) is 4.15. The lowest BCUT2D eigenvalue weighted by atomic mass is 10.3. The van der Waals surface area contributed by atoms with Gasteiger partial charge in [-0.1, -0.05) is 0 Å². The second-order valence-electron chi connectivity index (χ2n) is 3.41. The van der Waals surface area contributed by atoms with Crippen LogP contribution in [0.5, 0.6) is 5.75 Å². The van der Waals surface area contributed by atoms with Crippen LogP contribution in [-0.4, -0.2) is 11.6 Å². The topological polar surface area (TPSA) is 48.1 Å². The number of rotatable bonds is 4. The summed E-state index contributed by atoms with van der Waals surface area (Å²) in [5, 5.41) is 0. The zero-order valence-corrected chi connectivity index (χ0v) is 7.57. The Morgan fingerprint density at radius 2 is 2.38 bits per heavy atom. The SMILES string of the molecule is NCc1ncccc1OCC1CC1. The summed E-state index contributed by atoms with van der Waals surface area (Å²) in [6.07, 6.45) is 4.35. The first kappa shape index (κ1) is 8.51. The van der Waals surface area contributed by atoms with E-state index >= 15 is 0 Å². The zero-order chi connectivity index (χ0) is 9.10. The Labute approximate surface area is 77.9 Å². The first-order valence-corrected chi connectivity index (χ1v) is 4.67. The van der Waals surface area contributed by atoms with Crippen molar-refractivity contribution in [3.8, 4) is 5.75 Å². The molecule has 0 amide bonds. The summed E-state index contributed by atoms with van der Waals surface area (Å²) < 4.78 is 5.61. The molecule has 0 radical (unpaired) electrons. The van der Waals surface area contributed by atoms with Crippen molar-refractivity contribution in [1.82, 2.24) is 4.98 Å². The van der Waals surface area contributed by atoms with Crippen LogP contribution < -0.4 is 10.5 Å². The van der Waals surface area contributed by atoms with Crippen LogP contribution in [0.3, 0.4) is 0 Å². The number of hydrogen-bond donors (Lipinski definition) is 1. The molecule has 1 aliphatic carbocycles. The van der Waals surface area contributed by atoms with E-state index in [2.05, 4.69) is 4.98 Å². The first-order chi connectivity index (χ1) is 6.40. The maximum atomic E-state index is 5.61. The van der Waals surface area contributed by atoms with Crippen molar-refractivity contribution in [1.29, 1.82) is 0 Å². The van der Waals surface area contributed by atoms with E-state index in [1.165, 1.54) is 12.8 Å². The van der Waals surface area contributed by atoms with Gasteiger partial charge < -0.3 is 10.5 Å². The predicted molar refractivity (Wildman–Crippen MR) is 50.3 cm³/mol. The normalized spacial score (nSPS) is 15.8. The van der Waals surface area contributed by atoms with E-state index in [-0.39, 0.29) is 0 Å². The third-order valence-electron chi connectivity index (χ3n) is 2.21. The fourth-order valence-electron chi connectivity index (χ4n) is 1.20. The third-order valence-corrected chi connectivity index (χ3v) is 2.21. The van der Waals surface area contributed by atoms with Crippen molar-refractivity contribution < 1.29 is 4.74 Å². The summed E-state index contributed by atoms with van der Waals surface area (Å²) in [6.45, 7) is 1.26. The van der Waals surface area contributed by atoms with Crippen LogP contribution in [0.1, 0.15) is 18.5 Å². The smallest absolute Gasteiger partial charge is 0.142 e. The Morgan fingerprint density at radius 1 is 1.54 bits per heavy atom. The molecule has 3 nitrogen and oxygen atoms in total. The van der Waals surface area contributed by atoms with E-state index in [4.69, 9.17) is 10.5 Å². The summed E-state index contributed by atoms with van der Waals surface area (Å²) >= 11 is 0. The highest BCUT2D eigenvalue weighted by Crippen LogP contribution is 2.29. The van der Waals surface area contributed by atoms with Crippen molar-refractivity contribution >= 4 is 0 Å². The molecule has 2 N–H and O–H groups in total. The summed E-state index contributed by atoms with van der Waals surface area (Å²) in [5.41, 5.74) is 6.38. The van der Waals surface area contributed by atoms with Crippen molar-refractivity contribution in [3.05, 3.63) is 24.0 Å². The zero-order valence-electron chi connectivity index (χ0n) is 7.57. The average Bonchev–Trinajstić information content (AvgIpc) is 2.99. The second kappa shape index (κ2) is 3.75. The van der Waals surface area contributed by atoms with Gasteiger partial charge in [-0.05, 0) is 30.9 Å². The molecule has 1 heterocycles. The maximum absolute atomic E-state index is 5.61. The molecule has 1 fully saturated rings. The van der Waals surface area contributed by atoms with Crippen LogP contribution in [-0.2, 0) is 6.54 Å². The lowest BCUT2D eigenvalue weighted by Gasteiger charge is -2.07. The number of nitrogens with zero attached hydrogens (tertiary/aromatic N) is 1. The highest BCUT2D eigenvalue weighted by atomic mass is 16.5. The van der Waals surface area contributed by atoms with Gasteiger partial charge in [-0.3, -0.25) is 4.98 Å². The molecule has 2 rings (SSSR count). The molecule has 1 saturated carbocycles. The van der Waals surface area contributed by atoms with Crippen LogP contribution >= 0.6 is 0 Å². The summed E-state index contributed by atoms with van der Waals surface area (Å²) in [6, 6.07) is 3.80. The molecular weight excluding hydrogens is 164 g/mol. The van der Waals surface area contributed by atoms with Gasteiger partial charge in [-0.2, -0.15) is 0 Å². The van der Waals surface area contributed by atoms with Gasteiger partial charge in [-0.25, -0.2) is 0 Å². The van der Waals surface area contributed by atoms with Gasteiger partial charge in [0.25, 0.3) is 0 Å². The molecular formula is C10H14N2O. The number of hydrogen-bond acceptors (Lipinski definition) is 3. The molecule has 1 aromatic heterocycles. The van der Waals surface area contributed by atoms with Gasteiger partial charge in [0.2, 0.25) is 0 Å². The molecule has 0 saturated heterocycles. The van der Waals surface area contributed by atoms with E-state index < -0.39 is 0 Å². The van der Waals surface area contributed by atoms with E-state index in [0.717, 1.165) is 24.0 Å². The minimum atomic E-state index is 0.445. The summed E-state index contributed by atoms with van der Waals surface area (Å²) in [5.74, 6) is 1.61. The molecule has 0 aromatic carbocycles. The van der Waals surface area contributed by atoms with Gasteiger partial charge in [0.05, 0.1) is 12.3 Å². The highest BCUT2D eigenvalue weighted by Gasteiger charge is 2.22. The first-order valence-electron chi connectivity index (χ1n) is 4.67. The third kappa shape index (κ3) is 2.18. The number of aromatic nitrogens is 1. The van der Waals surface area contributed by atoms with Crippen LogP contribution in [0.4, 0.5) is 0 Å². The molecule has 0 aliphatic heterocycles. The standard InChI is InChI=1S/C10H14N2O/c11-6-9-10(2-1-5-12-9)13-7-8-3-4-8/h1-2,5,8H,3-4,6-7,11H2. The second-order valence-corrected chi connectivity index (χ2v) is 3.41. The van der Waals surface area contributed by atoms with Gasteiger partial charge in [-0.15, -0.1) is 0 Å². The van der Waals surface area contributed by atoms with Crippen molar-refractivity contribution in [2.75, 3.05) is 6.61 Å². The van der Waals surface area contributed by atoms with Crippen LogP contribution in [0.25, 0.3) is 0 Å². The molecule has 13 heavy (non-hydrogen) atoms. The Balaban J connectivity index is 1.99. The minimum absolute atomic E-state index is 0.445. The van der Waals surface area contributed by atoms with E-state index in [0.29, 0.717) is 6.54 Å². The molecule has 3 heteroatoms. The molecule has 1 aliphatic rings. The molecule has 1 aromatic rings. The van der Waals surface area contributed by atoms with Crippen LogP contribution in [0.15, 0.2) is 18.3 Å². The number of pyridine rings is 1. The van der Waals surface area contributed by atoms with Gasteiger partial charge in [0, 0.05) is 12.7 Å². The minimum Gasteiger partial charge on any atom is -0.491 e. The van der Waals surface area contributed by atoms with Crippen molar-refractivity contribution in [2.24, 2.45) is 11.7 Å². The summed E-state index contributed by atoms with van der Waals surface area (Å²) in [7, 11) is 0. The molecule has 0 spiro atoms. The lowest BCUT2D eigenvalue weighted by molar-refractivity contribution is 0.295. The van der Waals surface area contributed by atoms with E-state index in [9.17, 15) is 0 Å². The van der Waals surface area contributed by atoms with E-state index in [1.807, 2.05) is 12.1 Å². The highest BCUT2D eigenvalue weighted by molar-refractivity contribution is 5.26.